The Labute approximate surface area is 134 Å². The minimum atomic E-state index is -0.472. The molecule has 0 aliphatic heterocycles. The molecule has 3 N–H and O–H groups in total. The molecule has 0 saturated carbocycles. The van der Waals surface area contributed by atoms with Crippen LogP contribution in [0.1, 0.15) is 11.1 Å². The van der Waals surface area contributed by atoms with Crippen LogP contribution >= 0.6 is 0 Å². The summed E-state index contributed by atoms with van der Waals surface area (Å²) in [5.74, 6) is -0.313. The Morgan fingerprint density at radius 1 is 1.43 bits per heavy atom. The summed E-state index contributed by atoms with van der Waals surface area (Å²) in [6, 6.07) is 10.3. The number of carbonyl (C=O) groups excluding carboxylic acids is 1. The highest BCUT2D eigenvalue weighted by Crippen LogP contribution is 2.20. The molecule has 6 heteroatoms. The second kappa shape index (κ2) is 7.61. The molecule has 0 aliphatic rings. The van der Waals surface area contributed by atoms with Gasteiger partial charge in [-0.15, -0.1) is 0 Å². The fraction of sp³-hybridized carbons (Fsp3) is 0.118. The highest BCUT2D eigenvalue weighted by molar-refractivity contribution is 5.97. The minimum absolute atomic E-state index is 0.0404. The van der Waals surface area contributed by atoms with Crippen LogP contribution in [0, 0.1) is 18.3 Å². The van der Waals surface area contributed by atoms with E-state index >= 15 is 0 Å². The number of amides is 1. The van der Waals surface area contributed by atoms with Crippen molar-refractivity contribution in [1.82, 2.24) is 10.3 Å². The molecule has 116 valence electrons. The summed E-state index contributed by atoms with van der Waals surface area (Å²) >= 11 is 0. The van der Waals surface area contributed by atoms with Gasteiger partial charge in [0.25, 0.3) is 5.91 Å². The van der Waals surface area contributed by atoms with Crippen molar-refractivity contribution >= 4 is 11.6 Å². The first-order valence-corrected chi connectivity index (χ1v) is 6.93. The third-order valence-corrected chi connectivity index (χ3v) is 3.12. The standard InChI is InChI=1S/C17H16N4O2/c1-12-7-15(22)4-5-16(12)20-11-14(8-18)17(23)21-10-13-3-2-6-19-9-13/h2-7,9,11,20,22H,10H2,1H3,(H,21,23)/b14-11-. The molecule has 6 nitrogen and oxygen atoms in total. The highest BCUT2D eigenvalue weighted by Gasteiger charge is 2.08. The number of benzene rings is 1. The first kappa shape index (κ1) is 16.0. The quantitative estimate of drug-likeness (QED) is 0.447. The lowest BCUT2D eigenvalue weighted by Gasteiger charge is -2.07. The van der Waals surface area contributed by atoms with Crippen LogP contribution in [0.2, 0.25) is 0 Å². The van der Waals surface area contributed by atoms with Gasteiger partial charge in [-0.3, -0.25) is 9.78 Å². The number of nitriles is 1. The van der Waals surface area contributed by atoms with Crippen LogP contribution in [-0.4, -0.2) is 16.0 Å². The number of nitrogens with one attached hydrogen (secondary N) is 2. The summed E-state index contributed by atoms with van der Waals surface area (Å²) < 4.78 is 0. The molecule has 0 unspecified atom stereocenters. The molecular formula is C17H16N4O2. The van der Waals surface area contributed by atoms with Gasteiger partial charge in [0.1, 0.15) is 17.4 Å². The summed E-state index contributed by atoms with van der Waals surface area (Å²) in [5, 5.41) is 24.0. The molecule has 23 heavy (non-hydrogen) atoms. The molecular weight excluding hydrogens is 292 g/mol. The van der Waals surface area contributed by atoms with Gasteiger partial charge in [-0.25, -0.2) is 0 Å². The predicted octanol–water partition coefficient (Wildman–Crippen LogP) is 2.23. The number of aromatic hydroxyl groups is 1. The van der Waals surface area contributed by atoms with E-state index in [1.165, 1.54) is 12.3 Å². The van der Waals surface area contributed by atoms with Gasteiger partial charge in [-0.1, -0.05) is 6.07 Å². The van der Waals surface area contributed by atoms with Crippen LogP contribution < -0.4 is 10.6 Å². The van der Waals surface area contributed by atoms with Crippen molar-refractivity contribution in [3.63, 3.8) is 0 Å². The Kier molecular flexibility index (Phi) is 5.31. The number of aromatic nitrogens is 1. The first-order valence-electron chi connectivity index (χ1n) is 6.93. The van der Waals surface area contributed by atoms with Crippen LogP contribution in [-0.2, 0) is 11.3 Å². The van der Waals surface area contributed by atoms with Crippen molar-refractivity contribution < 1.29 is 9.90 Å². The summed E-state index contributed by atoms with van der Waals surface area (Å²) in [6.07, 6.45) is 4.64. The summed E-state index contributed by atoms with van der Waals surface area (Å²) in [7, 11) is 0. The van der Waals surface area contributed by atoms with Crippen LogP contribution in [0.3, 0.4) is 0 Å². The fourth-order valence-corrected chi connectivity index (χ4v) is 1.89. The average molecular weight is 308 g/mol. The average Bonchev–Trinajstić information content (AvgIpc) is 2.56. The molecule has 1 aromatic carbocycles. The highest BCUT2D eigenvalue weighted by atomic mass is 16.3. The second-order valence-electron chi connectivity index (χ2n) is 4.86. The zero-order valence-electron chi connectivity index (χ0n) is 12.6. The van der Waals surface area contributed by atoms with E-state index in [-0.39, 0.29) is 11.3 Å². The molecule has 1 heterocycles. The van der Waals surface area contributed by atoms with Gasteiger partial charge >= 0.3 is 0 Å². The van der Waals surface area contributed by atoms with Crippen LogP contribution in [0.15, 0.2) is 54.5 Å². The Bertz CT molecular complexity index is 764. The molecule has 2 aromatic rings. The van der Waals surface area contributed by atoms with E-state index < -0.39 is 5.91 Å². The van der Waals surface area contributed by atoms with Crippen LogP contribution in [0.4, 0.5) is 5.69 Å². The Balaban J connectivity index is 2.00. The van der Waals surface area contributed by atoms with Gasteiger partial charge in [0.2, 0.25) is 0 Å². The number of phenols is 1. The maximum absolute atomic E-state index is 12.0. The van der Waals surface area contributed by atoms with Gasteiger partial charge < -0.3 is 15.7 Å². The topological polar surface area (TPSA) is 98.0 Å². The van der Waals surface area contributed by atoms with E-state index in [1.54, 1.807) is 30.6 Å². The summed E-state index contributed by atoms with van der Waals surface area (Å²) in [5.41, 5.74) is 2.31. The van der Waals surface area contributed by atoms with Gasteiger partial charge in [0.05, 0.1) is 0 Å². The number of hydrogen-bond donors (Lipinski definition) is 3. The van der Waals surface area contributed by atoms with Gasteiger partial charge in [-0.05, 0) is 42.3 Å². The van der Waals surface area contributed by atoms with Crippen LogP contribution in [0.25, 0.3) is 0 Å². The van der Waals surface area contributed by atoms with E-state index in [4.69, 9.17) is 5.26 Å². The largest absolute Gasteiger partial charge is 0.508 e. The lowest BCUT2D eigenvalue weighted by Crippen LogP contribution is -2.24. The molecule has 0 spiro atoms. The molecule has 0 saturated heterocycles. The Morgan fingerprint density at radius 2 is 2.26 bits per heavy atom. The van der Waals surface area contributed by atoms with Crippen LogP contribution in [0.5, 0.6) is 5.75 Å². The molecule has 1 amide bonds. The number of anilines is 1. The molecule has 0 aliphatic carbocycles. The first-order chi connectivity index (χ1) is 11.1. The van der Waals surface area contributed by atoms with Crippen molar-refractivity contribution in [3.8, 4) is 11.8 Å². The van der Waals surface area contributed by atoms with Gasteiger partial charge in [0.15, 0.2) is 0 Å². The number of aryl methyl sites for hydroxylation is 1. The number of hydrogen-bond acceptors (Lipinski definition) is 5. The molecule has 0 atom stereocenters. The van der Waals surface area contributed by atoms with Gasteiger partial charge in [0, 0.05) is 30.8 Å². The van der Waals surface area contributed by atoms with Crippen molar-refractivity contribution in [2.45, 2.75) is 13.5 Å². The number of phenolic OH excluding ortho intramolecular Hbond substituents is 1. The van der Waals surface area contributed by atoms with Crippen molar-refractivity contribution in [2.75, 3.05) is 5.32 Å². The number of rotatable bonds is 5. The van der Waals surface area contributed by atoms with Crippen molar-refractivity contribution in [3.05, 3.63) is 65.6 Å². The van der Waals surface area contributed by atoms with E-state index in [2.05, 4.69) is 15.6 Å². The summed E-state index contributed by atoms with van der Waals surface area (Å²) in [4.78, 5) is 16.0. The zero-order valence-corrected chi connectivity index (χ0v) is 12.6. The maximum Gasteiger partial charge on any atom is 0.263 e. The Morgan fingerprint density at radius 3 is 2.91 bits per heavy atom. The number of nitrogens with zero attached hydrogens (tertiary/aromatic N) is 2. The number of pyridine rings is 1. The second-order valence-corrected chi connectivity index (χ2v) is 4.86. The SMILES string of the molecule is Cc1cc(O)ccc1N/C=C(/C#N)C(=O)NCc1cccnc1. The molecule has 0 radical (unpaired) electrons. The third-order valence-electron chi connectivity index (χ3n) is 3.12. The lowest BCUT2D eigenvalue weighted by molar-refractivity contribution is -0.117. The third kappa shape index (κ3) is 4.58. The minimum Gasteiger partial charge on any atom is -0.508 e. The lowest BCUT2D eigenvalue weighted by atomic mass is 10.2. The Hall–Kier alpha value is -3.33. The van der Waals surface area contributed by atoms with Gasteiger partial charge in [-0.2, -0.15) is 5.26 Å². The molecule has 1 aromatic heterocycles. The van der Waals surface area contributed by atoms with Crippen molar-refractivity contribution in [1.29, 1.82) is 5.26 Å². The van der Waals surface area contributed by atoms with E-state index in [1.807, 2.05) is 19.1 Å². The molecule has 0 fully saturated rings. The predicted molar refractivity (Wildman–Crippen MR) is 86.2 cm³/mol. The normalized spacial score (nSPS) is 10.7. The number of carbonyl (C=O) groups is 1. The molecule has 0 bridgehead atoms. The maximum atomic E-state index is 12.0. The summed E-state index contributed by atoms with van der Waals surface area (Å²) in [6.45, 7) is 2.11. The van der Waals surface area contributed by atoms with E-state index in [9.17, 15) is 9.90 Å². The smallest absolute Gasteiger partial charge is 0.263 e. The monoisotopic (exact) mass is 308 g/mol. The zero-order chi connectivity index (χ0) is 16.7. The van der Waals surface area contributed by atoms with E-state index in [0.717, 1.165) is 11.1 Å². The van der Waals surface area contributed by atoms with Crippen molar-refractivity contribution in [2.24, 2.45) is 0 Å². The van der Waals surface area contributed by atoms with E-state index in [0.29, 0.717) is 12.2 Å². The molecule has 2 rings (SSSR count). The fourth-order valence-electron chi connectivity index (χ4n) is 1.89.